The summed E-state index contributed by atoms with van der Waals surface area (Å²) in [6.07, 6.45) is 4.48. The van der Waals surface area contributed by atoms with Crippen molar-refractivity contribution in [1.82, 2.24) is 10.3 Å². The number of unbranched alkanes of at least 4 members (excludes halogenated alkanes) is 1. The topological polar surface area (TPSA) is 52.6 Å². The summed E-state index contributed by atoms with van der Waals surface area (Å²) in [4.78, 5) is 4.86. The van der Waals surface area contributed by atoms with Crippen molar-refractivity contribution in [1.29, 1.82) is 0 Å². The van der Waals surface area contributed by atoms with Crippen LogP contribution in [-0.2, 0) is 6.61 Å². The number of rotatable bonds is 10. The molecule has 2 heterocycles. The zero-order valence-corrected chi connectivity index (χ0v) is 19.2. The lowest BCUT2D eigenvalue weighted by molar-refractivity contribution is 0.214. The van der Waals surface area contributed by atoms with Gasteiger partial charge in [0.25, 0.3) is 0 Å². The number of ether oxygens (including phenoxy) is 3. The Labute approximate surface area is 191 Å². The number of hydrogen-bond donors (Lipinski definition) is 1. The number of nitrogens with one attached hydrogen (secondary N) is 1. The average molecular weight is 435 g/mol. The molecule has 0 atom stereocenters. The summed E-state index contributed by atoms with van der Waals surface area (Å²) in [5.74, 6) is 3.18. The molecule has 0 saturated carbocycles. The van der Waals surface area contributed by atoms with E-state index in [1.165, 1.54) is 12.8 Å². The highest BCUT2D eigenvalue weighted by Crippen LogP contribution is 2.31. The van der Waals surface area contributed by atoms with Crippen LogP contribution in [-0.4, -0.2) is 31.3 Å². The number of piperidine rings is 1. The van der Waals surface area contributed by atoms with Crippen LogP contribution in [0.2, 0.25) is 0 Å². The quantitative estimate of drug-likeness (QED) is 0.416. The molecule has 1 aromatic heterocycles. The Kier molecular flexibility index (Phi) is 7.83. The molecule has 170 valence electrons. The van der Waals surface area contributed by atoms with Gasteiger partial charge in [-0.05, 0) is 69.5 Å². The van der Waals surface area contributed by atoms with E-state index >= 15 is 0 Å². The van der Waals surface area contributed by atoms with Crippen molar-refractivity contribution in [2.75, 3.05) is 26.3 Å². The van der Waals surface area contributed by atoms with Gasteiger partial charge >= 0.3 is 0 Å². The predicted octanol–water partition coefficient (Wildman–Crippen LogP) is 5.68. The van der Waals surface area contributed by atoms with E-state index in [0.717, 1.165) is 71.9 Å². The first-order valence-electron chi connectivity index (χ1n) is 11.8. The molecule has 1 saturated heterocycles. The minimum Gasteiger partial charge on any atom is -0.493 e. The second kappa shape index (κ2) is 11.2. The summed E-state index contributed by atoms with van der Waals surface area (Å²) in [5.41, 5.74) is 2.87. The highest BCUT2D eigenvalue weighted by Gasteiger charge is 2.15. The monoisotopic (exact) mass is 434 g/mol. The molecule has 0 radical (unpaired) electrons. The van der Waals surface area contributed by atoms with Gasteiger partial charge in [-0.1, -0.05) is 31.5 Å². The average Bonchev–Trinajstić information content (AvgIpc) is 2.84. The van der Waals surface area contributed by atoms with Crippen LogP contribution >= 0.6 is 0 Å². The van der Waals surface area contributed by atoms with E-state index in [1.807, 2.05) is 42.5 Å². The zero-order chi connectivity index (χ0) is 22.2. The molecule has 5 heteroatoms. The largest absolute Gasteiger partial charge is 0.493 e. The molecule has 1 N–H and O–H groups in total. The van der Waals surface area contributed by atoms with Gasteiger partial charge in [-0.2, -0.15) is 0 Å². The second-order valence-corrected chi connectivity index (χ2v) is 8.50. The van der Waals surface area contributed by atoms with Gasteiger partial charge in [-0.3, -0.25) is 0 Å². The molecule has 0 amide bonds. The number of para-hydroxylation sites is 1. The lowest BCUT2D eigenvalue weighted by atomic mass is 9.99. The maximum atomic E-state index is 6.17. The summed E-state index contributed by atoms with van der Waals surface area (Å²) < 4.78 is 18.3. The Morgan fingerprint density at radius 2 is 1.75 bits per heavy atom. The Bertz CT molecular complexity index is 1010. The molecule has 1 fully saturated rings. The fourth-order valence-electron chi connectivity index (χ4n) is 4.04. The molecule has 0 aliphatic carbocycles. The number of pyridine rings is 1. The fraction of sp³-hybridized carbons (Fsp3) is 0.444. The Morgan fingerprint density at radius 3 is 2.56 bits per heavy atom. The zero-order valence-electron chi connectivity index (χ0n) is 19.2. The van der Waals surface area contributed by atoms with Crippen molar-refractivity contribution in [2.24, 2.45) is 5.92 Å². The van der Waals surface area contributed by atoms with Crippen LogP contribution in [0.1, 0.15) is 43.9 Å². The van der Waals surface area contributed by atoms with Crippen LogP contribution in [0.4, 0.5) is 0 Å². The van der Waals surface area contributed by atoms with E-state index in [-0.39, 0.29) is 0 Å². The van der Waals surface area contributed by atoms with E-state index in [2.05, 4.69) is 25.2 Å². The molecule has 0 spiro atoms. The van der Waals surface area contributed by atoms with Crippen LogP contribution in [0.5, 0.6) is 17.2 Å². The first-order chi connectivity index (χ1) is 15.7. The normalized spacial score (nSPS) is 14.4. The molecular weight excluding hydrogens is 400 g/mol. The standard InChI is InChI=1S/C27H34N2O3/c1-3-4-16-30-27-20(2)26(29-25-11-6-5-10-24(25)27)19-32-23-9-7-8-22(17-23)31-18-21-12-14-28-15-13-21/h5-11,17,21,28H,3-4,12-16,18-19H2,1-2H3. The summed E-state index contributed by atoms with van der Waals surface area (Å²) in [5, 5.41) is 4.45. The Balaban J connectivity index is 1.45. The SMILES string of the molecule is CCCCOc1c(C)c(COc2cccc(OCC3CCNCC3)c2)nc2ccccc12. The number of nitrogens with zero attached hydrogens (tertiary/aromatic N) is 1. The smallest absolute Gasteiger partial charge is 0.133 e. The molecule has 0 unspecified atom stereocenters. The van der Waals surface area contributed by atoms with Crippen LogP contribution in [0.3, 0.4) is 0 Å². The van der Waals surface area contributed by atoms with Crippen molar-refractivity contribution in [3.63, 3.8) is 0 Å². The highest BCUT2D eigenvalue weighted by atomic mass is 16.5. The molecule has 4 rings (SSSR count). The summed E-state index contributed by atoms with van der Waals surface area (Å²) >= 11 is 0. The molecule has 0 bridgehead atoms. The molecule has 5 nitrogen and oxygen atoms in total. The number of aromatic nitrogens is 1. The van der Waals surface area contributed by atoms with Gasteiger partial charge in [-0.15, -0.1) is 0 Å². The maximum absolute atomic E-state index is 6.17. The minimum atomic E-state index is 0.387. The van der Waals surface area contributed by atoms with E-state index in [4.69, 9.17) is 19.2 Å². The maximum Gasteiger partial charge on any atom is 0.133 e. The number of hydrogen-bond acceptors (Lipinski definition) is 5. The number of fused-ring (bicyclic) bond motifs is 1. The third-order valence-electron chi connectivity index (χ3n) is 6.05. The molecular formula is C27H34N2O3. The van der Waals surface area contributed by atoms with Crippen LogP contribution < -0.4 is 19.5 Å². The van der Waals surface area contributed by atoms with Gasteiger partial charge in [0.2, 0.25) is 0 Å². The summed E-state index contributed by atoms with van der Waals surface area (Å²) in [7, 11) is 0. The van der Waals surface area contributed by atoms with E-state index < -0.39 is 0 Å². The van der Waals surface area contributed by atoms with Crippen molar-refractivity contribution in [3.8, 4) is 17.2 Å². The summed E-state index contributed by atoms with van der Waals surface area (Å²) in [6, 6.07) is 16.0. The minimum absolute atomic E-state index is 0.387. The van der Waals surface area contributed by atoms with E-state index in [1.54, 1.807) is 0 Å². The number of benzene rings is 2. The molecule has 3 aromatic rings. The van der Waals surface area contributed by atoms with Gasteiger partial charge in [0.05, 0.1) is 24.4 Å². The van der Waals surface area contributed by atoms with Gasteiger partial charge < -0.3 is 19.5 Å². The molecule has 1 aliphatic rings. The Morgan fingerprint density at radius 1 is 0.969 bits per heavy atom. The van der Waals surface area contributed by atoms with Crippen molar-refractivity contribution in [2.45, 2.75) is 46.1 Å². The van der Waals surface area contributed by atoms with Crippen molar-refractivity contribution in [3.05, 3.63) is 59.8 Å². The Hall–Kier alpha value is -2.79. The highest BCUT2D eigenvalue weighted by molar-refractivity contribution is 5.86. The van der Waals surface area contributed by atoms with Crippen molar-refractivity contribution < 1.29 is 14.2 Å². The molecule has 2 aromatic carbocycles. The van der Waals surface area contributed by atoms with Crippen LogP contribution in [0, 0.1) is 12.8 Å². The van der Waals surface area contributed by atoms with Crippen LogP contribution in [0.15, 0.2) is 48.5 Å². The molecule has 32 heavy (non-hydrogen) atoms. The lowest BCUT2D eigenvalue weighted by Crippen LogP contribution is -2.30. The fourth-order valence-corrected chi connectivity index (χ4v) is 4.04. The first kappa shape index (κ1) is 22.4. The van der Waals surface area contributed by atoms with Gasteiger partial charge in [0, 0.05) is 17.0 Å². The lowest BCUT2D eigenvalue weighted by Gasteiger charge is -2.22. The third-order valence-corrected chi connectivity index (χ3v) is 6.05. The van der Waals surface area contributed by atoms with Gasteiger partial charge in [0.15, 0.2) is 0 Å². The predicted molar refractivity (Wildman–Crippen MR) is 129 cm³/mol. The van der Waals surface area contributed by atoms with Crippen LogP contribution in [0.25, 0.3) is 10.9 Å². The summed E-state index contributed by atoms with van der Waals surface area (Å²) in [6.45, 7) is 8.26. The van der Waals surface area contributed by atoms with E-state index in [9.17, 15) is 0 Å². The van der Waals surface area contributed by atoms with Gasteiger partial charge in [-0.25, -0.2) is 4.98 Å². The van der Waals surface area contributed by atoms with E-state index in [0.29, 0.717) is 19.1 Å². The van der Waals surface area contributed by atoms with Crippen molar-refractivity contribution >= 4 is 10.9 Å². The first-order valence-corrected chi connectivity index (χ1v) is 11.8. The van der Waals surface area contributed by atoms with Gasteiger partial charge in [0.1, 0.15) is 23.9 Å². The third kappa shape index (κ3) is 5.71. The molecule has 1 aliphatic heterocycles. The second-order valence-electron chi connectivity index (χ2n) is 8.50.